The highest BCUT2D eigenvalue weighted by molar-refractivity contribution is 7.87. The molecule has 0 amide bonds. The lowest BCUT2D eigenvalue weighted by Crippen LogP contribution is -2.51. The van der Waals surface area contributed by atoms with Crippen molar-refractivity contribution in [3.8, 4) is 0 Å². The molecular weight excluding hydrogens is 304 g/mol. The molecule has 22 heavy (non-hydrogen) atoms. The highest BCUT2D eigenvalue weighted by Gasteiger charge is 2.30. The van der Waals surface area contributed by atoms with E-state index in [2.05, 4.69) is 4.72 Å². The van der Waals surface area contributed by atoms with E-state index >= 15 is 0 Å². The third kappa shape index (κ3) is 4.76. The fourth-order valence-electron chi connectivity index (χ4n) is 2.59. The van der Waals surface area contributed by atoms with E-state index in [-0.39, 0.29) is 18.8 Å². The predicted octanol–water partition coefficient (Wildman–Crippen LogP) is 1.28. The minimum absolute atomic E-state index is 0.0923. The molecule has 2 atom stereocenters. The van der Waals surface area contributed by atoms with E-state index in [0.29, 0.717) is 19.7 Å². The van der Waals surface area contributed by atoms with Gasteiger partial charge in [-0.2, -0.15) is 17.4 Å². The fraction of sp³-hybridized carbons (Fsp3) is 0.600. The molecule has 0 bridgehead atoms. The molecule has 1 saturated heterocycles. The van der Waals surface area contributed by atoms with Crippen molar-refractivity contribution >= 4 is 10.2 Å². The summed E-state index contributed by atoms with van der Waals surface area (Å²) in [7, 11) is -1.87. The average molecular weight is 328 g/mol. The van der Waals surface area contributed by atoms with Gasteiger partial charge in [0.2, 0.25) is 0 Å². The van der Waals surface area contributed by atoms with Crippen LogP contribution < -0.4 is 4.72 Å². The van der Waals surface area contributed by atoms with Gasteiger partial charge in [-0.3, -0.25) is 0 Å². The van der Waals surface area contributed by atoms with Crippen LogP contribution in [-0.2, 0) is 32.8 Å². The molecule has 1 fully saturated rings. The van der Waals surface area contributed by atoms with Crippen LogP contribution in [0.3, 0.4) is 0 Å². The van der Waals surface area contributed by atoms with Gasteiger partial charge in [0, 0.05) is 26.7 Å². The van der Waals surface area contributed by atoms with E-state index in [0.717, 1.165) is 11.1 Å². The van der Waals surface area contributed by atoms with Crippen molar-refractivity contribution in [2.75, 3.05) is 20.2 Å². The maximum absolute atomic E-state index is 12.4. The van der Waals surface area contributed by atoms with Crippen molar-refractivity contribution in [1.29, 1.82) is 0 Å². The normalized spacial score (nSPS) is 23.6. The Hall–Kier alpha value is -0.990. The Morgan fingerprint density at radius 1 is 1.27 bits per heavy atom. The summed E-state index contributed by atoms with van der Waals surface area (Å²) >= 11 is 0. The molecule has 6 nitrogen and oxygen atoms in total. The van der Waals surface area contributed by atoms with Crippen molar-refractivity contribution in [2.24, 2.45) is 0 Å². The molecule has 0 saturated carbocycles. The topological polar surface area (TPSA) is 67.9 Å². The van der Waals surface area contributed by atoms with Gasteiger partial charge in [-0.05, 0) is 25.0 Å². The number of morpholine rings is 1. The van der Waals surface area contributed by atoms with Crippen LogP contribution in [0.2, 0.25) is 0 Å². The summed E-state index contributed by atoms with van der Waals surface area (Å²) in [5.74, 6) is 0. The molecule has 124 valence electrons. The van der Waals surface area contributed by atoms with Crippen LogP contribution in [0.25, 0.3) is 0 Å². The molecule has 0 spiro atoms. The van der Waals surface area contributed by atoms with Crippen molar-refractivity contribution < 1.29 is 17.9 Å². The number of nitrogens with zero attached hydrogens (tertiary/aromatic N) is 1. The van der Waals surface area contributed by atoms with Gasteiger partial charge in [-0.25, -0.2) is 0 Å². The van der Waals surface area contributed by atoms with Crippen LogP contribution in [0.5, 0.6) is 0 Å². The molecule has 0 aliphatic carbocycles. The molecule has 0 radical (unpaired) electrons. The third-order valence-corrected chi connectivity index (χ3v) is 4.97. The van der Waals surface area contributed by atoms with E-state index in [4.69, 9.17) is 9.47 Å². The Morgan fingerprint density at radius 3 is 2.55 bits per heavy atom. The van der Waals surface area contributed by atoms with E-state index in [1.807, 2.05) is 38.1 Å². The number of ether oxygens (including phenoxy) is 2. The molecule has 1 aliphatic rings. The van der Waals surface area contributed by atoms with Crippen LogP contribution in [0, 0.1) is 0 Å². The van der Waals surface area contributed by atoms with Gasteiger partial charge in [0.25, 0.3) is 10.2 Å². The highest BCUT2D eigenvalue weighted by atomic mass is 32.2. The van der Waals surface area contributed by atoms with E-state index in [1.165, 1.54) is 4.31 Å². The van der Waals surface area contributed by atoms with Crippen LogP contribution in [0.15, 0.2) is 24.3 Å². The van der Waals surface area contributed by atoms with Crippen LogP contribution in [0.4, 0.5) is 0 Å². The second kappa shape index (κ2) is 7.52. The van der Waals surface area contributed by atoms with Crippen LogP contribution in [-0.4, -0.2) is 45.1 Å². The van der Waals surface area contributed by atoms with Gasteiger partial charge in [-0.1, -0.05) is 24.3 Å². The number of hydrogen-bond donors (Lipinski definition) is 1. The SMILES string of the molecule is COCc1cccc(CNS(=O)(=O)N2CC(C)OC(C)C2)c1. The summed E-state index contributed by atoms with van der Waals surface area (Å²) in [5, 5.41) is 0. The number of methoxy groups -OCH3 is 1. The molecule has 0 aromatic heterocycles. The lowest BCUT2D eigenvalue weighted by molar-refractivity contribution is -0.0444. The minimum Gasteiger partial charge on any atom is -0.380 e. The van der Waals surface area contributed by atoms with Crippen molar-refractivity contribution in [1.82, 2.24) is 9.03 Å². The molecule has 1 heterocycles. The third-order valence-electron chi connectivity index (χ3n) is 3.49. The standard InChI is InChI=1S/C15H24N2O4S/c1-12-9-17(10-13(2)21-12)22(18,19)16-8-14-5-4-6-15(7-14)11-20-3/h4-7,12-13,16H,8-11H2,1-3H3. The summed E-state index contributed by atoms with van der Waals surface area (Å²) in [6, 6.07) is 7.69. The summed E-state index contributed by atoms with van der Waals surface area (Å²) < 4.78 is 39.6. The number of hydrogen-bond acceptors (Lipinski definition) is 4. The Bertz CT molecular complexity index is 581. The highest BCUT2D eigenvalue weighted by Crippen LogP contribution is 2.14. The van der Waals surface area contributed by atoms with Crippen molar-refractivity contribution in [2.45, 2.75) is 39.2 Å². The van der Waals surface area contributed by atoms with Crippen LogP contribution in [0.1, 0.15) is 25.0 Å². The van der Waals surface area contributed by atoms with E-state index in [1.54, 1.807) is 7.11 Å². The predicted molar refractivity (Wildman–Crippen MR) is 84.5 cm³/mol. The maximum Gasteiger partial charge on any atom is 0.279 e. The van der Waals surface area contributed by atoms with Crippen molar-refractivity contribution in [3.05, 3.63) is 35.4 Å². The van der Waals surface area contributed by atoms with Gasteiger partial charge < -0.3 is 9.47 Å². The quantitative estimate of drug-likeness (QED) is 0.854. The lowest BCUT2D eigenvalue weighted by Gasteiger charge is -2.34. The van der Waals surface area contributed by atoms with Crippen LogP contribution >= 0.6 is 0 Å². The Balaban J connectivity index is 1.99. The van der Waals surface area contributed by atoms with Gasteiger partial charge in [0.15, 0.2) is 0 Å². The zero-order valence-electron chi connectivity index (χ0n) is 13.3. The second-order valence-electron chi connectivity index (χ2n) is 5.65. The molecule has 2 rings (SSSR count). The summed E-state index contributed by atoms with van der Waals surface area (Å²) in [6.07, 6.45) is -0.185. The van der Waals surface area contributed by atoms with Crippen molar-refractivity contribution in [3.63, 3.8) is 0 Å². The summed E-state index contributed by atoms with van der Waals surface area (Å²) in [6.45, 7) is 5.30. The molecule has 1 aromatic carbocycles. The molecule has 1 aliphatic heterocycles. The number of nitrogens with one attached hydrogen (secondary N) is 1. The zero-order valence-corrected chi connectivity index (χ0v) is 14.1. The monoisotopic (exact) mass is 328 g/mol. The first-order valence-corrected chi connectivity index (χ1v) is 8.81. The lowest BCUT2D eigenvalue weighted by atomic mass is 10.1. The largest absolute Gasteiger partial charge is 0.380 e. The molecule has 7 heteroatoms. The number of benzene rings is 1. The van der Waals surface area contributed by atoms with E-state index in [9.17, 15) is 8.42 Å². The summed E-state index contributed by atoms with van der Waals surface area (Å²) in [4.78, 5) is 0. The fourth-order valence-corrected chi connectivity index (χ4v) is 3.93. The second-order valence-corrected chi connectivity index (χ2v) is 7.41. The minimum atomic E-state index is -3.50. The van der Waals surface area contributed by atoms with Gasteiger partial charge in [0.1, 0.15) is 0 Å². The average Bonchev–Trinajstić information content (AvgIpc) is 2.45. The Labute approximate surface area is 132 Å². The number of rotatable bonds is 6. The zero-order chi connectivity index (χ0) is 16.2. The molecule has 1 aromatic rings. The van der Waals surface area contributed by atoms with Gasteiger partial charge in [0.05, 0.1) is 18.8 Å². The summed E-state index contributed by atoms with van der Waals surface area (Å²) in [5.41, 5.74) is 1.93. The van der Waals surface area contributed by atoms with Gasteiger partial charge >= 0.3 is 0 Å². The first kappa shape index (κ1) is 17.4. The van der Waals surface area contributed by atoms with Gasteiger partial charge in [-0.15, -0.1) is 0 Å². The Morgan fingerprint density at radius 2 is 1.91 bits per heavy atom. The molecular formula is C15H24N2O4S. The first-order chi connectivity index (χ1) is 10.4. The first-order valence-electron chi connectivity index (χ1n) is 7.37. The molecule has 1 N–H and O–H groups in total. The smallest absolute Gasteiger partial charge is 0.279 e. The maximum atomic E-state index is 12.4. The van der Waals surface area contributed by atoms with E-state index < -0.39 is 10.2 Å². The Kier molecular flexibility index (Phi) is 5.94. The molecule has 2 unspecified atom stereocenters.